The molecule has 408 valence electrons. The summed E-state index contributed by atoms with van der Waals surface area (Å²) in [6, 6.07) is 9.02. The van der Waals surface area contributed by atoms with Crippen LogP contribution < -0.4 is 0 Å². The van der Waals surface area contributed by atoms with Gasteiger partial charge in [0.2, 0.25) is 0 Å². The Hall–Kier alpha value is -4.44. The van der Waals surface area contributed by atoms with Crippen LogP contribution in [0.15, 0.2) is 42.6 Å². The van der Waals surface area contributed by atoms with Crippen molar-refractivity contribution in [3.63, 3.8) is 0 Å². The lowest BCUT2D eigenvalue weighted by Crippen LogP contribution is -2.66. The van der Waals surface area contributed by atoms with Gasteiger partial charge in [-0.2, -0.15) is 0 Å². The number of cyclic esters (lactones) is 1. The highest BCUT2D eigenvalue weighted by Gasteiger charge is 2.54. The van der Waals surface area contributed by atoms with Gasteiger partial charge in [-0.3, -0.25) is 24.2 Å². The van der Waals surface area contributed by atoms with Crippen molar-refractivity contribution < 1.29 is 76.8 Å². The second-order valence-electron chi connectivity index (χ2n) is 20.3. The normalized spacial score (nSPS) is 34.5. The Balaban J connectivity index is 1.46. The van der Waals surface area contributed by atoms with Gasteiger partial charge in [0.05, 0.1) is 42.4 Å². The maximum atomic E-state index is 14.2. The molecule has 3 aliphatic rings. The van der Waals surface area contributed by atoms with E-state index >= 15 is 0 Å². The number of fused-ring (bicyclic) bond motifs is 1. The Bertz CT molecular complexity index is 2140. The SMILES string of the molecule is CCC(=O)O[C@@H]1CC(=O)O[C@@H](C/C=C/c2cnc3ccccc3c2)CCCN(C)C[C@H](O)[C@H](C)C[C@H](CC=O)[C@H](O[C@@H]2OC(C)[C@H](O[C@H]3CC(C)(OC(C)=O)[C@@H](OC(=O)CC)C(C)O3)C(N(C)C)C2O)[C@H]1OC. The van der Waals surface area contributed by atoms with E-state index < -0.39 is 127 Å². The summed E-state index contributed by atoms with van der Waals surface area (Å²) >= 11 is 0. The van der Waals surface area contributed by atoms with E-state index in [1.54, 1.807) is 59.8 Å². The maximum absolute atomic E-state index is 14.2. The Labute approximate surface area is 430 Å². The van der Waals surface area contributed by atoms with Crippen molar-refractivity contribution in [3.8, 4) is 0 Å². The fraction of sp³-hybridized carbons (Fsp3) is 0.704. The molecule has 3 aliphatic heterocycles. The van der Waals surface area contributed by atoms with Gasteiger partial charge in [-0.15, -0.1) is 0 Å². The maximum Gasteiger partial charge on any atom is 0.309 e. The number of carbonyl (C=O) groups is 5. The molecule has 2 aromatic rings. The highest BCUT2D eigenvalue weighted by atomic mass is 16.7. The molecule has 0 aliphatic carbocycles. The number of esters is 4. The summed E-state index contributed by atoms with van der Waals surface area (Å²) in [6.45, 7) is 12.4. The first kappa shape index (κ1) is 59.4. The van der Waals surface area contributed by atoms with Crippen LogP contribution in [-0.4, -0.2) is 182 Å². The van der Waals surface area contributed by atoms with Crippen LogP contribution in [0.2, 0.25) is 0 Å². The van der Waals surface area contributed by atoms with Gasteiger partial charge in [0.1, 0.15) is 36.8 Å². The molecule has 5 rings (SSSR count). The summed E-state index contributed by atoms with van der Waals surface area (Å²) in [4.78, 5) is 73.3. The predicted molar refractivity (Wildman–Crippen MR) is 268 cm³/mol. The molecule has 19 heteroatoms. The van der Waals surface area contributed by atoms with E-state index in [0.717, 1.165) is 22.8 Å². The van der Waals surface area contributed by atoms with Gasteiger partial charge < -0.3 is 67.4 Å². The van der Waals surface area contributed by atoms with Gasteiger partial charge in [0.25, 0.3) is 0 Å². The highest BCUT2D eigenvalue weighted by molar-refractivity contribution is 5.80. The lowest BCUT2D eigenvalue weighted by atomic mass is 9.82. The van der Waals surface area contributed by atoms with Crippen LogP contribution in [0.1, 0.15) is 112 Å². The minimum Gasteiger partial charge on any atom is -0.462 e. The molecule has 1 aromatic carbocycles. The number of methoxy groups -OCH3 is 1. The number of β-amino-alcohol motifs (C(OH)–C–C–N with tert-alkyl or cyclic N) is 1. The van der Waals surface area contributed by atoms with Crippen molar-refractivity contribution in [3.05, 3.63) is 48.2 Å². The van der Waals surface area contributed by atoms with Crippen molar-refractivity contribution in [2.24, 2.45) is 11.8 Å². The van der Waals surface area contributed by atoms with Gasteiger partial charge in [0, 0.05) is 64.3 Å². The zero-order chi connectivity index (χ0) is 53.6. The lowest BCUT2D eigenvalue weighted by molar-refractivity contribution is -0.344. The quantitative estimate of drug-likeness (QED) is 0.125. The number of pyridine rings is 1. The average Bonchev–Trinajstić information content (AvgIpc) is 3.32. The molecular formula is C54H81N3O16. The van der Waals surface area contributed by atoms with Crippen molar-refractivity contribution >= 4 is 47.1 Å². The molecular weight excluding hydrogens is 947 g/mol. The van der Waals surface area contributed by atoms with Gasteiger partial charge in [0.15, 0.2) is 24.3 Å². The van der Waals surface area contributed by atoms with E-state index in [2.05, 4.69) is 4.98 Å². The van der Waals surface area contributed by atoms with Gasteiger partial charge >= 0.3 is 23.9 Å². The largest absolute Gasteiger partial charge is 0.462 e. The molecule has 5 unspecified atom stereocenters. The predicted octanol–water partition coefficient (Wildman–Crippen LogP) is 5.18. The second-order valence-corrected chi connectivity index (χ2v) is 20.3. The number of benzene rings is 1. The van der Waals surface area contributed by atoms with Crippen LogP contribution in [0.3, 0.4) is 0 Å². The summed E-state index contributed by atoms with van der Waals surface area (Å²) in [7, 11) is 6.80. The number of para-hydroxylation sites is 1. The Morgan fingerprint density at radius 1 is 0.973 bits per heavy atom. The number of aromatic nitrogens is 1. The Morgan fingerprint density at radius 2 is 1.68 bits per heavy atom. The van der Waals surface area contributed by atoms with Crippen LogP contribution in [-0.2, 0) is 66.6 Å². The number of hydrogen-bond donors (Lipinski definition) is 2. The molecule has 19 nitrogen and oxygen atoms in total. The number of aliphatic hydroxyl groups is 2. The number of ether oxygens (including phenoxy) is 9. The third kappa shape index (κ3) is 16.5. The molecule has 0 bridgehead atoms. The minimum absolute atomic E-state index is 0.0243. The standard InChI is InChI=1S/C54H81N3O16/c1-12-43(61)69-42-28-45(63)68-39(20-16-18-36-27-37-19-14-15-22-40(37)55-30-36)21-17-24-57(10)31-41(60)32(3)26-38(23-25-58)50(51(42)65-11)72-53-48(64)47(56(8)9)49(33(4)67-53)71-46-29-54(7,73-35(6)59)52(34(5)66-46)70-44(62)13-2/h14-16,18-19,22,25,27,30,32-34,38-39,41-42,46-53,60,64H,12-13,17,20-21,23-24,26,28-29,31H2,1-11H3/b18-16+/t32-,33?,34?,38+,39+,41+,42-,46+,47?,48?,49+,50+,51+,52+,53+,54?/m1/s1. The fourth-order valence-corrected chi connectivity index (χ4v) is 10.4. The molecule has 4 heterocycles. The molecule has 0 spiro atoms. The third-order valence-electron chi connectivity index (χ3n) is 14.1. The van der Waals surface area contributed by atoms with E-state index in [4.69, 9.17) is 42.6 Å². The van der Waals surface area contributed by atoms with Crippen molar-refractivity contribution in [1.29, 1.82) is 0 Å². The van der Waals surface area contributed by atoms with E-state index in [1.807, 2.05) is 61.4 Å². The number of aldehydes is 1. The number of nitrogens with zero attached hydrogens (tertiary/aromatic N) is 3. The minimum atomic E-state index is -1.44. The Kier molecular flexibility index (Phi) is 22.7. The molecule has 0 saturated carbocycles. The van der Waals surface area contributed by atoms with E-state index in [9.17, 15) is 34.2 Å². The van der Waals surface area contributed by atoms with Gasteiger partial charge in [-0.25, -0.2) is 0 Å². The van der Waals surface area contributed by atoms with Crippen LogP contribution in [0.5, 0.6) is 0 Å². The van der Waals surface area contributed by atoms with Crippen molar-refractivity contribution in [2.75, 3.05) is 41.3 Å². The second kappa shape index (κ2) is 27.9. The smallest absolute Gasteiger partial charge is 0.309 e. The van der Waals surface area contributed by atoms with Crippen LogP contribution in [0, 0.1) is 11.8 Å². The number of aliphatic hydroxyl groups excluding tert-OH is 2. The summed E-state index contributed by atoms with van der Waals surface area (Å²) < 4.78 is 56.1. The topological polar surface area (TPSA) is 228 Å². The first-order valence-corrected chi connectivity index (χ1v) is 25.8. The van der Waals surface area contributed by atoms with Gasteiger partial charge in [-0.1, -0.05) is 51.1 Å². The first-order valence-electron chi connectivity index (χ1n) is 25.8. The molecule has 16 atom stereocenters. The molecule has 2 N–H and O–H groups in total. The summed E-state index contributed by atoms with van der Waals surface area (Å²) in [5, 5.41) is 25.0. The van der Waals surface area contributed by atoms with E-state index in [0.29, 0.717) is 32.4 Å². The Morgan fingerprint density at radius 3 is 2.36 bits per heavy atom. The lowest BCUT2D eigenvalue weighted by Gasteiger charge is -2.50. The molecule has 73 heavy (non-hydrogen) atoms. The van der Waals surface area contributed by atoms with Crippen LogP contribution in [0.25, 0.3) is 17.0 Å². The zero-order valence-corrected chi connectivity index (χ0v) is 44.6. The molecule has 3 saturated heterocycles. The van der Waals surface area contributed by atoms with Gasteiger partial charge in [-0.05, 0) is 97.3 Å². The summed E-state index contributed by atoms with van der Waals surface area (Å²) in [5.41, 5.74) is 0.430. The number of carbonyl (C=O) groups excluding carboxylic acids is 5. The third-order valence-corrected chi connectivity index (χ3v) is 14.1. The molecule has 1 aromatic heterocycles. The van der Waals surface area contributed by atoms with E-state index in [1.165, 1.54) is 14.0 Å². The number of rotatable bonds is 16. The molecule has 0 radical (unpaired) electrons. The number of hydrogen-bond acceptors (Lipinski definition) is 19. The van der Waals surface area contributed by atoms with Crippen molar-refractivity contribution in [1.82, 2.24) is 14.8 Å². The fourth-order valence-electron chi connectivity index (χ4n) is 10.4. The summed E-state index contributed by atoms with van der Waals surface area (Å²) in [6.07, 6.45) is -4.68. The van der Waals surface area contributed by atoms with Crippen LogP contribution in [0.4, 0.5) is 0 Å². The van der Waals surface area contributed by atoms with Crippen molar-refractivity contribution in [2.45, 2.75) is 192 Å². The average molecular weight is 1030 g/mol. The number of likely N-dealkylation sites (N-methyl/N-ethyl adjacent to an activating group) is 2. The monoisotopic (exact) mass is 1030 g/mol. The van der Waals surface area contributed by atoms with Crippen LogP contribution >= 0.6 is 0 Å². The highest BCUT2D eigenvalue weighted by Crippen LogP contribution is 2.39. The molecule has 0 amide bonds. The summed E-state index contributed by atoms with van der Waals surface area (Å²) in [5.74, 6) is -3.46. The zero-order valence-electron chi connectivity index (χ0n) is 44.6. The van der Waals surface area contributed by atoms with E-state index in [-0.39, 0.29) is 32.1 Å². The molecule has 3 fully saturated rings. The first-order chi connectivity index (χ1) is 34.7.